The highest BCUT2D eigenvalue weighted by Crippen LogP contribution is 2.26. The molecule has 3 heteroatoms. The Kier molecular flexibility index (Phi) is 2.92. The van der Waals surface area contributed by atoms with E-state index in [2.05, 4.69) is 19.9 Å². The molecule has 0 aliphatic rings. The molecule has 2 rings (SSSR count). The number of amides is 1. The van der Waals surface area contributed by atoms with Gasteiger partial charge in [0.05, 0.1) is 11.1 Å². The maximum Gasteiger partial charge on any atom is 0.250 e. The molecular weight excluding hydrogens is 212 g/mol. The number of hydrogen-bond acceptors (Lipinski definition) is 1. The van der Waals surface area contributed by atoms with Crippen LogP contribution in [0.15, 0.2) is 18.3 Å². The Morgan fingerprint density at radius 2 is 2.12 bits per heavy atom. The molecule has 0 unspecified atom stereocenters. The van der Waals surface area contributed by atoms with Gasteiger partial charge in [-0.15, -0.1) is 0 Å². The third kappa shape index (κ3) is 1.93. The highest BCUT2D eigenvalue weighted by atomic mass is 16.1. The number of fused-ring (bicyclic) bond motifs is 1. The van der Waals surface area contributed by atoms with Gasteiger partial charge in [-0.05, 0) is 36.6 Å². The second kappa shape index (κ2) is 4.24. The van der Waals surface area contributed by atoms with E-state index in [0.717, 1.165) is 23.7 Å². The van der Waals surface area contributed by atoms with Gasteiger partial charge in [0.15, 0.2) is 0 Å². The van der Waals surface area contributed by atoms with Gasteiger partial charge in [0.2, 0.25) is 0 Å². The topological polar surface area (TPSA) is 48.0 Å². The second-order valence-corrected chi connectivity index (χ2v) is 4.58. The van der Waals surface area contributed by atoms with Gasteiger partial charge in [0.25, 0.3) is 5.91 Å². The Labute approximate surface area is 101 Å². The zero-order valence-corrected chi connectivity index (χ0v) is 10.6. The van der Waals surface area contributed by atoms with E-state index < -0.39 is 0 Å². The molecule has 1 amide bonds. The summed E-state index contributed by atoms with van der Waals surface area (Å²) in [5.41, 5.74) is 9.40. The molecule has 2 aromatic rings. The van der Waals surface area contributed by atoms with Crippen molar-refractivity contribution in [2.24, 2.45) is 12.8 Å². The lowest BCUT2D eigenvalue weighted by Gasteiger charge is -2.06. The van der Waals surface area contributed by atoms with Crippen LogP contribution >= 0.6 is 0 Å². The molecule has 0 atom stereocenters. The first-order chi connectivity index (χ1) is 8.04. The molecule has 90 valence electrons. The van der Waals surface area contributed by atoms with E-state index in [1.807, 2.05) is 23.9 Å². The monoisotopic (exact) mass is 230 g/mol. The first-order valence-electron chi connectivity index (χ1n) is 5.93. The summed E-state index contributed by atoms with van der Waals surface area (Å²) in [6.07, 6.45) is 4.08. The lowest BCUT2D eigenvalue weighted by molar-refractivity contribution is 0.100. The van der Waals surface area contributed by atoms with Crippen LogP contribution in [0, 0.1) is 6.92 Å². The fourth-order valence-electron chi connectivity index (χ4n) is 2.42. The summed E-state index contributed by atoms with van der Waals surface area (Å²) in [6.45, 7) is 4.19. The van der Waals surface area contributed by atoms with Crippen molar-refractivity contribution in [3.63, 3.8) is 0 Å². The Bertz CT molecular complexity index is 581. The minimum Gasteiger partial charge on any atom is -0.366 e. The van der Waals surface area contributed by atoms with Gasteiger partial charge < -0.3 is 10.3 Å². The molecule has 0 spiro atoms. The van der Waals surface area contributed by atoms with Crippen LogP contribution in [-0.4, -0.2) is 10.5 Å². The van der Waals surface area contributed by atoms with Crippen molar-refractivity contribution in [2.45, 2.75) is 26.7 Å². The Morgan fingerprint density at radius 3 is 2.71 bits per heavy atom. The summed E-state index contributed by atoms with van der Waals surface area (Å²) < 4.78 is 1.97. The second-order valence-electron chi connectivity index (χ2n) is 4.58. The standard InChI is InChI=1S/C14H18N2O/c1-4-5-10-6-11-9(2)8-16(3)13(11)12(7-10)14(15)17/h6-8H,4-5H2,1-3H3,(H2,15,17). The van der Waals surface area contributed by atoms with Gasteiger partial charge in [-0.1, -0.05) is 13.3 Å². The number of carbonyl (C=O) groups is 1. The molecule has 0 aliphatic carbocycles. The van der Waals surface area contributed by atoms with Crippen LogP contribution in [0.1, 0.15) is 34.8 Å². The molecule has 2 N–H and O–H groups in total. The molecule has 0 aliphatic heterocycles. The third-order valence-electron chi connectivity index (χ3n) is 3.14. The normalized spacial score (nSPS) is 11.0. The summed E-state index contributed by atoms with van der Waals surface area (Å²) in [7, 11) is 1.95. The zero-order valence-electron chi connectivity index (χ0n) is 10.6. The summed E-state index contributed by atoms with van der Waals surface area (Å²) in [4.78, 5) is 11.5. The predicted molar refractivity (Wildman–Crippen MR) is 70.2 cm³/mol. The summed E-state index contributed by atoms with van der Waals surface area (Å²) in [6, 6.07) is 4.09. The fraction of sp³-hybridized carbons (Fsp3) is 0.357. The van der Waals surface area contributed by atoms with Crippen LogP contribution in [0.3, 0.4) is 0 Å². The molecule has 1 aromatic carbocycles. The van der Waals surface area contributed by atoms with Crippen LogP contribution in [-0.2, 0) is 13.5 Å². The van der Waals surface area contributed by atoms with Crippen molar-refractivity contribution in [2.75, 3.05) is 0 Å². The molecule has 0 radical (unpaired) electrons. The van der Waals surface area contributed by atoms with Crippen molar-refractivity contribution in [1.82, 2.24) is 4.57 Å². The number of aryl methyl sites for hydroxylation is 3. The number of primary amides is 1. The van der Waals surface area contributed by atoms with Crippen LogP contribution < -0.4 is 5.73 Å². The Hall–Kier alpha value is -1.77. The molecule has 0 fully saturated rings. The maximum atomic E-state index is 11.5. The highest BCUT2D eigenvalue weighted by molar-refractivity contribution is 6.06. The van der Waals surface area contributed by atoms with E-state index in [1.165, 1.54) is 11.1 Å². The van der Waals surface area contributed by atoms with Crippen LogP contribution in [0.4, 0.5) is 0 Å². The average molecular weight is 230 g/mol. The zero-order chi connectivity index (χ0) is 12.6. The van der Waals surface area contributed by atoms with E-state index in [9.17, 15) is 4.79 Å². The van der Waals surface area contributed by atoms with Crippen molar-refractivity contribution < 1.29 is 4.79 Å². The molecule has 3 nitrogen and oxygen atoms in total. The van der Waals surface area contributed by atoms with Crippen molar-refractivity contribution in [3.8, 4) is 0 Å². The van der Waals surface area contributed by atoms with Gasteiger partial charge in [0.1, 0.15) is 0 Å². The quantitative estimate of drug-likeness (QED) is 0.865. The van der Waals surface area contributed by atoms with Crippen LogP contribution in [0.25, 0.3) is 10.9 Å². The van der Waals surface area contributed by atoms with Crippen molar-refractivity contribution >= 4 is 16.8 Å². The lowest BCUT2D eigenvalue weighted by Crippen LogP contribution is -2.13. The largest absolute Gasteiger partial charge is 0.366 e. The molecule has 17 heavy (non-hydrogen) atoms. The molecular formula is C14H18N2O. The van der Waals surface area contributed by atoms with E-state index >= 15 is 0 Å². The summed E-state index contributed by atoms with van der Waals surface area (Å²) in [5.74, 6) is -0.353. The van der Waals surface area contributed by atoms with Crippen molar-refractivity contribution in [1.29, 1.82) is 0 Å². The van der Waals surface area contributed by atoms with E-state index in [0.29, 0.717) is 5.56 Å². The predicted octanol–water partition coefficient (Wildman–Crippen LogP) is 2.54. The third-order valence-corrected chi connectivity index (χ3v) is 3.14. The van der Waals surface area contributed by atoms with E-state index in [4.69, 9.17) is 5.73 Å². The molecule has 1 heterocycles. The number of hydrogen-bond donors (Lipinski definition) is 1. The summed E-state index contributed by atoms with van der Waals surface area (Å²) >= 11 is 0. The smallest absolute Gasteiger partial charge is 0.250 e. The van der Waals surface area contributed by atoms with E-state index in [1.54, 1.807) is 0 Å². The van der Waals surface area contributed by atoms with Gasteiger partial charge in [-0.25, -0.2) is 0 Å². The van der Waals surface area contributed by atoms with E-state index in [-0.39, 0.29) is 5.91 Å². The number of rotatable bonds is 3. The van der Waals surface area contributed by atoms with Crippen LogP contribution in [0.2, 0.25) is 0 Å². The van der Waals surface area contributed by atoms with Gasteiger partial charge in [-0.2, -0.15) is 0 Å². The first kappa shape index (κ1) is 11.7. The number of nitrogens with two attached hydrogens (primary N) is 1. The van der Waals surface area contributed by atoms with Gasteiger partial charge in [0, 0.05) is 18.6 Å². The SMILES string of the molecule is CCCc1cc(C(N)=O)c2c(c1)c(C)cn2C. The number of aromatic nitrogens is 1. The number of carbonyl (C=O) groups excluding carboxylic acids is 1. The molecule has 0 saturated heterocycles. The number of benzene rings is 1. The number of nitrogens with zero attached hydrogens (tertiary/aromatic N) is 1. The molecule has 0 bridgehead atoms. The van der Waals surface area contributed by atoms with Crippen LogP contribution in [0.5, 0.6) is 0 Å². The molecule has 0 saturated carbocycles. The first-order valence-corrected chi connectivity index (χ1v) is 5.93. The van der Waals surface area contributed by atoms with Gasteiger partial charge in [-0.3, -0.25) is 4.79 Å². The molecule has 1 aromatic heterocycles. The lowest BCUT2D eigenvalue weighted by atomic mass is 10.0. The minimum absolute atomic E-state index is 0.353. The Morgan fingerprint density at radius 1 is 1.41 bits per heavy atom. The summed E-state index contributed by atoms with van der Waals surface area (Å²) in [5, 5.41) is 1.13. The van der Waals surface area contributed by atoms with Gasteiger partial charge >= 0.3 is 0 Å². The average Bonchev–Trinajstić information content (AvgIpc) is 2.54. The maximum absolute atomic E-state index is 11.5. The highest BCUT2D eigenvalue weighted by Gasteiger charge is 2.13. The minimum atomic E-state index is -0.353. The Balaban J connectivity index is 2.78. The fourth-order valence-corrected chi connectivity index (χ4v) is 2.42. The van der Waals surface area contributed by atoms with Crippen molar-refractivity contribution in [3.05, 3.63) is 35.0 Å².